The second-order valence-electron chi connectivity index (χ2n) is 4.16. The molecule has 2 aromatic rings. The van der Waals surface area contributed by atoms with Crippen LogP contribution in [0.25, 0.3) is 0 Å². The summed E-state index contributed by atoms with van der Waals surface area (Å²) >= 11 is 5.72. The summed E-state index contributed by atoms with van der Waals surface area (Å²) in [5.41, 5.74) is 1.83. The van der Waals surface area contributed by atoms with E-state index in [2.05, 4.69) is 15.5 Å². The Morgan fingerprint density at radius 2 is 2.10 bits per heavy atom. The van der Waals surface area contributed by atoms with E-state index in [1.807, 2.05) is 31.2 Å². The predicted molar refractivity (Wildman–Crippen MR) is 72.6 cm³/mol. The Kier molecular flexibility index (Phi) is 3.99. The molecule has 0 aliphatic heterocycles. The van der Waals surface area contributed by atoms with Crippen LogP contribution in [0, 0.1) is 17.0 Å². The fourth-order valence-electron chi connectivity index (χ4n) is 1.56. The van der Waals surface area contributed by atoms with Crippen LogP contribution in [0.4, 0.5) is 5.82 Å². The van der Waals surface area contributed by atoms with Crippen LogP contribution in [0.3, 0.4) is 0 Å². The first-order valence-corrected chi connectivity index (χ1v) is 6.09. The highest BCUT2D eigenvalue weighted by atomic mass is 35.5. The van der Waals surface area contributed by atoms with Gasteiger partial charge in [-0.05, 0) is 17.4 Å². The Morgan fingerprint density at radius 1 is 1.45 bits per heavy atom. The van der Waals surface area contributed by atoms with Crippen LogP contribution in [0.2, 0.25) is 5.02 Å². The SMILES string of the molecule is Cc1ccc(CNC(=O)c2n[nH]c([N+](=O)[O-])c2Cl)cc1. The number of hydrogen-bond donors (Lipinski definition) is 2. The average Bonchev–Trinajstić information content (AvgIpc) is 2.80. The van der Waals surface area contributed by atoms with Crippen LogP contribution < -0.4 is 5.32 Å². The van der Waals surface area contributed by atoms with E-state index >= 15 is 0 Å². The molecule has 1 amide bonds. The molecule has 8 heteroatoms. The number of benzene rings is 1. The Balaban J connectivity index is 2.05. The molecular weight excluding hydrogens is 284 g/mol. The molecule has 0 aliphatic carbocycles. The predicted octanol–water partition coefficient (Wildman–Crippen LogP) is 2.21. The molecule has 1 aromatic heterocycles. The number of aryl methyl sites for hydroxylation is 1. The van der Waals surface area contributed by atoms with Gasteiger partial charge in [-0.3, -0.25) is 4.79 Å². The molecule has 0 atom stereocenters. The van der Waals surface area contributed by atoms with Gasteiger partial charge in [-0.15, -0.1) is 5.10 Å². The molecule has 0 unspecified atom stereocenters. The van der Waals surface area contributed by atoms with Crippen LogP contribution in [-0.4, -0.2) is 21.0 Å². The molecule has 2 N–H and O–H groups in total. The summed E-state index contributed by atoms with van der Waals surface area (Å²) in [7, 11) is 0. The van der Waals surface area contributed by atoms with Crippen LogP contribution in [0.1, 0.15) is 21.6 Å². The molecule has 0 saturated heterocycles. The van der Waals surface area contributed by atoms with Crippen LogP contribution in [-0.2, 0) is 6.54 Å². The summed E-state index contributed by atoms with van der Waals surface area (Å²) in [6, 6.07) is 7.61. The third-order valence-electron chi connectivity index (χ3n) is 2.66. The first kappa shape index (κ1) is 14.0. The minimum atomic E-state index is -0.730. The lowest BCUT2D eigenvalue weighted by molar-refractivity contribution is -0.389. The lowest BCUT2D eigenvalue weighted by Gasteiger charge is -2.03. The zero-order valence-electron chi connectivity index (χ0n) is 10.5. The Hall–Kier alpha value is -2.41. The fourth-order valence-corrected chi connectivity index (χ4v) is 1.80. The molecule has 7 nitrogen and oxygen atoms in total. The molecule has 0 aliphatic rings. The molecule has 20 heavy (non-hydrogen) atoms. The van der Waals surface area contributed by atoms with Crippen LogP contribution >= 0.6 is 11.6 Å². The zero-order valence-corrected chi connectivity index (χ0v) is 11.3. The maximum absolute atomic E-state index is 11.8. The topological polar surface area (TPSA) is 101 Å². The number of nitrogens with one attached hydrogen (secondary N) is 2. The first-order chi connectivity index (χ1) is 9.49. The van der Waals surface area contributed by atoms with Gasteiger partial charge in [0.05, 0.1) is 0 Å². The highest BCUT2D eigenvalue weighted by molar-refractivity contribution is 6.35. The van der Waals surface area contributed by atoms with Gasteiger partial charge in [0.1, 0.15) is 0 Å². The largest absolute Gasteiger partial charge is 0.362 e. The van der Waals surface area contributed by atoms with E-state index < -0.39 is 16.6 Å². The summed E-state index contributed by atoms with van der Waals surface area (Å²) in [5, 5.41) is 18.6. The number of nitrogens with zero attached hydrogens (tertiary/aromatic N) is 2. The average molecular weight is 295 g/mol. The maximum atomic E-state index is 11.8. The molecule has 0 fully saturated rings. The van der Waals surface area contributed by atoms with Crippen molar-refractivity contribution < 1.29 is 9.72 Å². The number of amides is 1. The fraction of sp³-hybridized carbons (Fsp3) is 0.167. The summed E-state index contributed by atoms with van der Waals surface area (Å²) in [5.74, 6) is -1.06. The van der Waals surface area contributed by atoms with Crippen molar-refractivity contribution in [2.24, 2.45) is 0 Å². The van der Waals surface area contributed by atoms with Gasteiger partial charge < -0.3 is 15.4 Å². The molecule has 1 aromatic carbocycles. The minimum Gasteiger partial charge on any atom is -0.358 e. The summed E-state index contributed by atoms with van der Waals surface area (Å²) < 4.78 is 0. The number of nitro groups is 1. The molecule has 0 spiro atoms. The number of aromatic amines is 1. The van der Waals surface area contributed by atoms with Crippen molar-refractivity contribution in [3.8, 4) is 0 Å². The first-order valence-electron chi connectivity index (χ1n) is 5.71. The van der Waals surface area contributed by atoms with Gasteiger partial charge >= 0.3 is 5.82 Å². The normalized spacial score (nSPS) is 10.3. The smallest absolute Gasteiger partial charge is 0.358 e. The van der Waals surface area contributed by atoms with E-state index in [0.29, 0.717) is 0 Å². The number of carbonyl (C=O) groups is 1. The maximum Gasteiger partial charge on any atom is 0.362 e. The Morgan fingerprint density at radius 3 is 2.65 bits per heavy atom. The molecule has 0 saturated carbocycles. The van der Waals surface area contributed by atoms with Crippen molar-refractivity contribution in [3.05, 3.63) is 56.2 Å². The third kappa shape index (κ3) is 2.94. The highest BCUT2D eigenvalue weighted by Gasteiger charge is 2.24. The molecular formula is C12H11ClN4O3. The van der Waals surface area contributed by atoms with Crippen LogP contribution in [0.15, 0.2) is 24.3 Å². The molecule has 1 heterocycles. The number of halogens is 1. The van der Waals surface area contributed by atoms with E-state index in [1.54, 1.807) is 0 Å². The van der Waals surface area contributed by atoms with Crippen molar-refractivity contribution in [3.63, 3.8) is 0 Å². The molecule has 2 rings (SSSR count). The second-order valence-corrected chi connectivity index (χ2v) is 4.54. The van der Waals surface area contributed by atoms with Gasteiger partial charge in [-0.25, -0.2) is 0 Å². The van der Waals surface area contributed by atoms with Gasteiger partial charge in [0.25, 0.3) is 5.91 Å². The van der Waals surface area contributed by atoms with Gasteiger partial charge in [-0.2, -0.15) is 0 Å². The van der Waals surface area contributed by atoms with Gasteiger partial charge in [0.2, 0.25) is 0 Å². The number of rotatable bonds is 4. The van der Waals surface area contributed by atoms with E-state index in [9.17, 15) is 14.9 Å². The van der Waals surface area contributed by atoms with Crippen molar-refractivity contribution in [2.75, 3.05) is 0 Å². The van der Waals surface area contributed by atoms with E-state index in [0.717, 1.165) is 11.1 Å². The van der Waals surface area contributed by atoms with E-state index in [1.165, 1.54) is 0 Å². The summed E-state index contributed by atoms with van der Waals surface area (Å²) in [4.78, 5) is 21.7. The second kappa shape index (κ2) is 5.70. The van der Waals surface area contributed by atoms with Crippen molar-refractivity contribution in [1.29, 1.82) is 0 Å². The lowest BCUT2D eigenvalue weighted by Crippen LogP contribution is -2.23. The molecule has 0 bridgehead atoms. The quantitative estimate of drug-likeness (QED) is 0.666. The molecule has 104 valence electrons. The summed E-state index contributed by atoms with van der Waals surface area (Å²) in [6.45, 7) is 2.25. The number of aromatic nitrogens is 2. The summed E-state index contributed by atoms with van der Waals surface area (Å²) in [6.07, 6.45) is 0. The van der Waals surface area contributed by atoms with Gasteiger partial charge in [-0.1, -0.05) is 46.5 Å². The number of carbonyl (C=O) groups excluding carboxylic acids is 1. The Labute approximate surface area is 119 Å². The van der Waals surface area contributed by atoms with Crippen molar-refractivity contribution in [2.45, 2.75) is 13.5 Å². The Bertz CT molecular complexity index is 651. The number of hydrogen-bond acceptors (Lipinski definition) is 4. The number of H-pyrrole nitrogens is 1. The van der Waals surface area contributed by atoms with Crippen LogP contribution in [0.5, 0.6) is 0 Å². The van der Waals surface area contributed by atoms with Gasteiger partial charge in [0, 0.05) is 6.54 Å². The molecule has 0 radical (unpaired) electrons. The van der Waals surface area contributed by atoms with E-state index in [4.69, 9.17) is 11.6 Å². The standard InChI is InChI=1S/C12H11ClN4O3/c1-7-2-4-8(5-3-7)6-14-12(18)10-9(13)11(16-15-10)17(19)20/h2-5H,6H2,1H3,(H,14,18)(H,15,16). The zero-order chi connectivity index (χ0) is 14.7. The van der Waals surface area contributed by atoms with E-state index in [-0.39, 0.29) is 17.3 Å². The lowest BCUT2D eigenvalue weighted by atomic mass is 10.1. The van der Waals surface area contributed by atoms with Crippen molar-refractivity contribution >= 4 is 23.3 Å². The minimum absolute atomic E-state index is 0.189. The van der Waals surface area contributed by atoms with Gasteiger partial charge in [0.15, 0.2) is 10.7 Å². The highest BCUT2D eigenvalue weighted by Crippen LogP contribution is 2.24. The monoisotopic (exact) mass is 294 g/mol. The third-order valence-corrected chi connectivity index (χ3v) is 3.02. The van der Waals surface area contributed by atoms with Crippen molar-refractivity contribution in [1.82, 2.24) is 15.5 Å².